The second kappa shape index (κ2) is 8.25. The number of thiophene rings is 1. The number of anilines is 1. The number of hydrogen-bond acceptors (Lipinski definition) is 6. The maximum Gasteiger partial charge on any atom is 0.265 e. The van der Waals surface area contributed by atoms with Crippen LogP contribution < -0.4 is 10.1 Å². The van der Waals surface area contributed by atoms with E-state index in [0.29, 0.717) is 32.3 Å². The number of rotatable bonds is 5. The van der Waals surface area contributed by atoms with Gasteiger partial charge in [0.25, 0.3) is 5.91 Å². The zero-order chi connectivity index (χ0) is 21.3. The zero-order valence-corrected chi connectivity index (χ0v) is 18.1. The number of aryl methyl sites for hydroxylation is 1. The van der Waals surface area contributed by atoms with E-state index in [1.807, 2.05) is 20.8 Å². The van der Waals surface area contributed by atoms with Crippen LogP contribution >= 0.6 is 22.9 Å². The van der Waals surface area contributed by atoms with Crippen LogP contribution in [0.5, 0.6) is 11.6 Å². The normalized spacial score (nSPS) is 10.8. The summed E-state index contributed by atoms with van der Waals surface area (Å²) in [5, 5.41) is 7.34. The molecule has 0 saturated carbocycles. The molecule has 0 radical (unpaired) electrons. The summed E-state index contributed by atoms with van der Waals surface area (Å²) >= 11 is 7.11. The molecule has 3 aromatic heterocycles. The van der Waals surface area contributed by atoms with Crippen molar-refractivity contribution in [2.24, 2.45) is 0 Å². The van der Waals surface area contributed by atoms with Crippen molar-refractivity contribution in [3.63, 3.8) is 0 Å². The molecule has 0 bridgehead atoms. The van der Waals surface area contributed by atoms with Crippen LogP contribution in [0.15, 0.2) is 48.8 Å². The van der Waals surface area contributed by atoms with Crippen LogP contribution in [-0.4, -0.2) is 25.7 Å². The Balaban J connectivity index is 1.47. The van der Waals surface area contributed by atoms with E-state index in [1.165, 1.54) is 17.7 Å². The Morgan fingerprint density at radius 1 is 1.10 bits per heavy atom. The third-order valence-electron chi connectivity index (χ3n) is 4.63. The van der Waals surface area contributed by atoms with E-state index in [9.17, 15) is 4.79 Å². The van der Waals surface area contributed by atoms with E-state index >= 15 is 0 Å². The summed E-state index contributed by atoms with van der Waals surface area (Å²) in [5.41, 5.74) is 3.75. The minimum absolute atomic E-state index is 0.207. The Bertz CT molecular complexity index is 1220. The Morgan fingerprint density at radius 2 is 1.87 bits per heavy atom. The standard InChI is InChI=1S/C21H18ClN5O2S/c1-12-13(2)26-27(14(12)3)19-10-20(24-11-23-19)29-16-6-4-15(5-7-16)25-21(28)17-8-9-18(22)30-17/h4-11H,1-3H3,(H,25,28). The zero-order valence-electron chi connectivity index (χ0n) is 16.5. The van der Waals surface area contributed by atoms with Crippen LogP contribution in [0.4, 0.5) is 5.69 Å². The highest BCUT2D eigenvalue weighted by atomic mass is 35.5. The number of nitrogens with zero attached hydrogens (tertiary/aromatic N) is 4. The SMILES string of the molecule is Cc1nn(-c2cc(Oc3ccc(NC(=O)c4ccc(Cl)s4)cc3)ncn2)c(C)c1C. The number of carbonyl (C=O) groups is 1. The van der Waals surface area contributed by atoms with Crippen molar-refractivity contribution >= 4 is 34.5 Å². The summed E-state index contributed by atoms with van der Waals surface area (Å²) in [6, 6.07) is 12.1. The van der Waals surface area contributed by atoms with Gasteiger partial charge in [-0.15, -0.1) is 11.3 Å². The van der Waals surface area contributed by atoms with Crippen LogP contribution in [-0.2, 0) is 0 Å². The van der Waals surface area contributed by atoms with E-state index in [-0.39, 0.29) is 5.91 Å². The van der Waals surface area contributed by atoms with Gasteiger partial charge in [0.1, 0.15) is 12.1 Å². The fourth-order valence-electron chi connectivity index (χ4n) is 2.80. The van der Waals surface area contributed by atoms with Crippen LogP contribution in [0.3, 0.4) is 0 Å². The molecule has 4 rings (SSSR count). The van der Waals surface area contributed by atoms with Crippen LogP contribution in [0.25, 0.3) is 5.82 Å². The first kappa shape index (κ1) is 20.1. The third kappa shape index (κ3) is 4.19. The second-order valence-electron chi connectivity index (χ2n) is 6.61. The van der Waals surface area contributed by atoms with E-state index < -0.39 is 0 Å². The van der Waals surface area contributed by atoms with Crippen molar-refractivity contribution < 1.29 is 9.53 Å². The molecule has 0 atom stereocenters. The molecule has 0 aliphatic heterocycles. The molecule has 4 aromatic rings. The van der Waals surface area contributed by atoms with Crippen molar-refractivity contribution in [2.75, 3.05) is 5.32 Å². The minimum atomic E-state index is -0.207. The molecule has 0 aliphatic rings. The lowest BCUT2D eigenvalue weighted by molar-refractivity contribution is 0.103. The van der Waals surface area contributed by atoms with Crippen LogP contribution in [0.1, 0.15) is 26.6 Å². The first-order valence-corrected chi connectivity index (χ1v) is 10.3. The predicted octanol–water partition coefficient (Wildman–Crippen LogP) is 5.35. The van der Waals surface area contributed by atoms with Crippen LogP contribution in [0.2, 0.25) is 4.34 Å². The predicted molar refractivity (Wildman–Crippen MR) is 117 cm³/mol. The third-order valence-corrected chi connectivity index (χ3v) is 5.86. The van der Waals surface area contributed by atoms with Gasteiger partial charge < -0.3 is 10.1 Å². The van der Waals surface area contributed by atoms with Gasteiger partial charge in [0.15, 0.2) is 5.82 Å². The summed E-state index contributed by atoms with van der Waals surface area (Å²) < 4.78 is 8.19. The lowest BCUT2D eigenvalue weighted by Gasteiger charge is -2.08. The fraction of sp³-hybridized carbons (Fsp3) is 0.143. The first-order valence-electron chi connectivity index (χ1n) is 9.10. The van der Waals surface area contributed by atoms with Crippen molar-refractivity contribution in [3.8, 4) is 17.4 Å². The van der Waals surface area contributed by atoms with Gasteiger partial charge in [-0.05, 0) is 62.7 Å². The number of halogens is 1. The molecule has 1 N–H and O–H groups in total. The molecule has 30 heavy (non-hydrogen) atoms. The fourth-order valence-corrected chi connectivity index (χ4v) is 3.74. The lowest BCUT2D eigenvalue weighted by atomic mass is 10.2. The molecule has 152 valence electrons. The number of nitrogens with one attached hydrogen (secondary N) is 1. The molecule has 0 fully saturated rings. The van der Waals surface area contributed by atoms with Gasteiger partial charge in [-0.1, -0.05) is 11.6 Å². The van der Waals surface area contributed by atoms with Gasteiger partial charge in [-0.25, -0.2) is 14.6 Å². The van der Waals surface area contributed by atoms with Gasteiger partial charge >= 0.3 is 0 Å². The molecule has 9 heteroatoms. The van der Waals surface area contributed by atoms with Gasteiger partial charge in [-0.3, -0.25) is 4.79 Å². The van der Waals surface area contributed by atoms with Crippen LogP contribution in [0, 0.1) is 20.8 Å². The largest absolute Gasteiger partial charge is 0.439 e. The summed E-state index contributed by atoms with van der Waals surface area (Å²) in [4.78, 5) is 21.2. The van der Waals surface area contributed by atoms with Gasteiger partial charge in [0.2, 0.25) is 5.88 Å². The highest BCUT2D eigenvalue weighted by Gasteiger charge is 2.12. The van der Waals surface area contributed by atoms with Crippen molar-refractivity contribution in [1.82, 2.24) is 19.7 Å². The first-order chi connectivity index (χ1) is 14.4. The minimum Gasteiger partial charge on any atom is -0.439 e. The summed E-state index contributed by atoms with van der Waals surface area (Å²) in [7, 11) is 0. The highest BCUT2D eigenvalue weighted by Crippen LogP contribution is 2.25. The Kier molecular flexibility index (Phi) is 5.52. The highest BCUT2D eigenvalue weighted by molar-refractivity contribution is 7.18. The number of ether oxygens (including phenoxy) is 1. The van der Waals surface area contributed by atoms with E-state index in [1.54, 1.807) is 47.1 Å². The Labute approximate surface area is 182 Å². The van der Waals surface area contributed by atoms with Gasteiger partial charge in [0.05, 0.1) is 14.9 Å². The number of benzene rings is 1. The van der Waals surface area contributed by atoms with Gasteiger partial charge in [-0.2, -0.15) is 5.10 Å². The number of hydrogen-bond donors (Lipinski definition) is 1. The molecule has 7 nitrogen and oxygen atoms in total. The maximum atomic E-state index is 12.2. The summed E-state index contributed by atoms with van der Waals surface area (Å²) in [5.74, 6) is 1.41. The Hall–Kier alpha value is -3.23. The average molecular weight is 440 g/mol. The molecular weight excluding hydrogens is 422 g/mol. The maximum absolute atomic E-state index is 12.2. The molecule has 0 saturated heterocycles. The number of aromatic nitrogens is 4. The molecule has 0 spiro atoms. The lowest BCUT2D eigenvalue weighted by Crippen LogP contribution is -2.09. The second-order valence-corrected chi connectivity index (χ2v) is 8.32. The molecule has 1 aromatic carbocycles. The van der Waals surface area contributed by atoms with Crippen molar-refractivity contribution in [2.45, 2.75) is 20.8 Å². The number of amides is 1. The molecular formula is C21H18ClN5O2S. The smallest absolute Gasteiger partial charge is 0.265 e. The molecule has 0 aliphatic carbocycles. The summed E-state index contributed by atoms with van der Waals surface area (Å²) in [6.45, 7) is 5.99. The summed E-state index contributed by atoms with van der Waals surface area (Å²) in [6.07, 6.45) is 1.44. The monoisotopic (exact) mass is 439 g/mol. The molecule has 0 unspecified atom stereocenters. The van der Waals surface area contributed by atoms with Crippen molar-refractivity contribution in [3.05, 3.63) is 75.0 Å². The molecule has 3 heterocycles. The molecule has 1 amide bonds. The quantitative estimate of drug-likeness (QED) is 0.453. The van der Waals surface area contributed by atoms with E-state index in [0.717, 1.165) is 17.0 Å². The Morgan fingerprint density at radius 3 is 2.50 bits per heavy atom. The van der Waals surface area contributed by atoms with Gasteiger partial charge in [0, 0.05) is 17.4 Å². The van der Waals surface area contributed by atoms with E-state index in [4.69, 9.17) is 16.3 Å². The number of carbonyl (C=O) groups excluding carboxylic acids is 1. The van der Waals surface area contributed by atoms with Crippen molar-refractivity contribution in [1.29, 1.82) is 0 Å². The van der Waals surface area contributed by atoms with E-state index in [2.05, 4.69) is 20.4 Å². The average Bonchev–Trinajstić information content (AvgIpc) is 3.28. The topological polar surface area (TPSA) is 81.9 Å².